The van der Waals surface area contributed by atoms with Crippen molar-refractivity contribution in [3.8, 4) is 0 Å². The Hall–Kier alpha value is -0.410. The van der Waals surface area contributed by atoms with E-state index in [4.69, 9.17) is 0 Å². The van der Waals surface area contributed by atoms with Gasteiger partial charge >= 0.3 is 0 Å². The van der Waals surface area contributed by atoms with Crippen molar-refractivity contribution in [2.24, 2.45) is 5.92 Å². The molecule has 2 unspecified atom stereocenters. The highest BCUT2D eigenvalue weighted by molar-refractivity contribution is 7.11. The second-order valence-electron chi connectivity index (χ2n) is 4.96. The molecule has 2 nitrogen and oxygen atoms in total. The van der Waals surface area contributed by atoms with Crippen LogP contribution < -0.4 is 5.32 Å². The minimum absolute atomic E-state index is 0.759. The lowest BCUT2D eigenvalue weighted by atomic mass is 10.1. The topological polar surface area (TPSA) is 24.9 Å². The number of hydrogen-bond donors (Lipinski definition) is 1. The van der Waals surface area contributed by atoms with Crippen LogP contribution >= 0.6 is 11.3 Å². The Kier molecular flexibility index (Phi) is 3.98. The number of rotatable bonds is 4. The van der Waals surface area contributed by atoms with Gasteiger partial charge in [0.1, 0.15) is 0 Å². The number of hydrogen-bond acceptors (Lipinski definition) is 3. The maximum atomic E-state index is 4.47. The smallest absolute Gasteiger partial charge is 0.0900 e. The molecule has 0 radical (unpaired) electrons. The van der Waals surface area contributed by atoms with Gasteiger partial charge in [-0.3, -0.25) is 0 Å². The molecule has 1 aromatic rings. The van der Waals surface area contributed by atoms with Crippen LogP contribution in [0.5, 0.6) is 0 Å². The summed E-state index contributed by atoms with van der Waals surface area (Å²) in [5.74, 6) is 0.865. The SMILES string of the molecule is Cc1nc(C)c(CCNC2CCCC2C)s1. The van der Waals surface area contributed by atoms with Gasteiger partial charge in [-0.2, -0.15) is 0 Å². The third kappa shape index (κ3) is 2.83. The highest BCUT2D eigenvalue weighted by Gasteiger charge is 2.22. The highest BCUT2D eigenvalue weighted by Crippen LogP contribution is 2.25. The van der Waals surface area contributed by atoms with Gasteiger partial charge in [0, 0.05) is 17.5 Å². The monoisotopic (exact) mass is 238 g/mol. The molecule has 0 bridgehead atoms. The number of thiazole rings is 1. The van der Waals surface area contributed by atoms with E-state index in [1.807, 2.05) is 11.3 Å². The second kappa shape index (κ2) is 5.28. The van der Waals surface area contributed by atoms with E-state index in [2.05, 4.69) is 31.1 Å². The van der Waals surface area contributed by atoms with Gasteiger partial charge in [-0.05, 0) is 39.0 Å². The third-order valence-corrected chi connectivity index (χ3v) is 4.75. The zero-order valence-electron chi connectivity index (χ0n) is 10.5. The second-order valence-corrected chi connectivity index (χ2v) is 6.25. The molecule has 1 aromatic heterocycles. The van der Waals surface area contributed by atoms with Crippen LogP contribution in [-0.2, 0) is 6.42 Å². The molecule has 2 atom stereocenters. The van der Waals surface area contributed by atoms with Gasteiger partial charge in [0.05, 0.1) is 10.7 Å². The van der Waals surface area contributed by atoms with E-state index in [1.54, 1.807) is 0 Å². The Morgan fingerprint density at radius 1 is 1.38 bits per heavy atom. The van der Waals surface area contributed by atoms with Crippen LogP contribution in [0.15, 0.2) is 0 Å². The van der Waals surface area contributed by atoms with Crippen LogP contribution in [0.3, 0.4) is 0 Å². The molecule has 1 aliphatic rings. The van der Waals surface area contributed by atoms with Crippen molar-refractivity contribution in [1.82, 2.24) is 10.3 Å². The van der Waals surface area contributed by atoms with Crippen molar-refractivity contribution in [2.45, 2.75) is 52.5 Å². The fourth-order valence-electron chi connectivity index (χ4n) is 2.63. The predicted molar refractivity (Wildman–Crippen MR) is 70.1 cm³/mol. The maximum absolute atomic E-state index is 4.47. The molecule has 1 heterocycles. The quantitative estimate of drug-likeness (QED) is 0.872. The van der Waals surface area contributed by atoms with Crippen LogP contribution in [0, 0.1) is 19.8 Å². The van der Waals surface area contributed by atoms with E-state index in [-0.39, 0.29) is 0 Å². The molecule has 0 amide bonds. The van der Waals surface area contributed by atoms with Crippen LogP contribution in [0.1, 0.15) is 41.8 Å². The first kappa shape index (κ1) is 12.1. The fourth-order valence-corrected chi connectivity index (χ4v) is 3.56. The number of nitrogens with zero attached hydrogens (tertiary/aromatic N) is 1. The van der Waals surface area contributed by atoms with Gasteiger partial charge in [-0.1, -0.05) is 13.3 Å². The molecule has 0 aliphatic heterocycles. The molecule has 1 aliphatic carbocycles. The highest BCUT2D eigenvalue weighted by atomic mass is 32.1. The molecule has 3 heteroatoms. The summed E-state index contributed by atoms with van der Waals surface area (Å²) in [5.41, 5.74) is 1.23. The van der Waals surface area contributed by atoms with Crippen LogP contribution in [-0.4, -0.2) is 17.6 Å². The van der Waals surface area contributed by atoms with Gasteiger partial charge in [0.15, 0.2) is 0 Å². The van der Waals surface area contributed by atoms with Crippen LogP contribution in [0.4, 0.5) is 0 Å². The minimum Gasteiger partial charge on any atom is -0.313 e. The Morgan fingerprint density at radius 2 is 2.19 bits per heavy atom. The molecule has 0 aromatic carbocycles. The molecule has 1 N–H and O–H groups in total. The summed E-state index contributed by atoms with van der Waals surface area (Å²) >= 11 is 1.85. The number of nitrogens with one attached hydrogen (secondary N) is 1. The molecule has 1 saturated carbocycles. The first-order valence-corrected chi connectivity index (χ1v) is 7.14. The Bertz CT molecular complexity index is 346. The standard InChI is InChI=1S/C13H22N2S/c1-9-5-4-6-12(9)14-8-7-13-10(2)15-11(3)16-13/h9,12,14H,4-8H2,1-3H3. The lowest BCUT2D eigenvalue weighted by molar-refractivity contribution is 0.430. The third-order valence-electron chi connectivity index (χ3n) is 3.62. The summed E-state index contributed by atoms with van der Waals surface area (Å²) in [6, 6.07) is 0.759. The van der Waals surface area contributed by atoms with Crippen molar-refractivity contribution >= 4 is 11.3 Å². The lowest BCUT2D eigenvalue weighted by Gasteiger charge is -2.16. The summed E-state index contributed by atoms with van der Waals surface area (Å²) in [6.45, 7) is 7.69. The van der Waals surface area contributed by atoms with Crippen molar-refractivity contribution in [3.63, 3.8) is 0 Å². The summed E-state index contributed by atoms with van der Waals surface area (Å²) in [4.78, 5) is 5.92. The minimum atomic E-state index is 0.759. The van der Waals surface area contributed by atoms with Crippen LogP contribution in [0.2, 0.25) is 0 Å². The molecular formula is C13H22N2S. The summed E-state index contributed by atoms with van der Waals surface area (Å²) < 4.78 is 0. The van der Waals surface area contributed by atoms with Crippen molar-refractivity contribution in [3.05, 3.63) is 15.6 Å². The van der Waals surface area contributed by atoms with E-state index < -0.39 is 0 Å². The first-order chi connectivity index (χ1) is 7.66. The maximum Gasteiger partial charge on any atom is 0.0900 e. The van der Waals surface area contributed by atoms with Gasteiger partial charge in [0.25, 0.3) is 0 Å². The van der Waals surface area contributed by atoms with Gasteiger partial charge in [-0.15, -0.1) is 11.3 Å². The average molecular weight is 238 g/mol. The lowest BCUT2D eigenvalue weighted by Crippen LogP contribution is -2.32. The Balaban J connectivity index is 1.77. The zero-order chi connectivity index (χ0) is 11.5. The molecule has 1 fully saturated rings. The molecule has 16 heavy (non-hydrogen) atoms. The molecular weight excluding hydrogens is 216 g/mol. The number of aromatic nitrogens is 1. The van der Waals surface area contributed by atoms with Crippen molar-refractivity contribution < 1.29 is 0 Å². The van der Waals surface area contributed by atoms with E-state index in [0.29, 0.717) is 0 Å². The van der Waals surface area contributed by atoms with Gasteiger partial charge in [-0.25, -0.2) is 4.98 Å². The molecule has 90 valence electrons. The Labute approximate surface area is 102 Å². The summed E-state index contributed by atoms with van der Waals surface area (Å²) in [6.07, 6.45) is 5.30. The zero-order valence-corrected chi connectivity index (χ0v) is 11.4. The molecule has 0 spiro atoms. The summed E-state index contributed by atoms with van der Waals surface area (Å²) in [5, 5.41) is 4.89. The van der Waals surface area contributed by atoms with Crippen LogP contribution in [0.25, 0.3) is 0 Å². The summed E-state index contributed by atoms with van der Waals surface area (Å²) in [7, 11) is 0. The predicted octanol–water partition coefficient (Wildman–Crippen LogP) is 3.08. The molecule has 2 rings (SSSR count). The normalized spacial score (nSPS) is 25.2. The molecule has 0 saturated heterocycles. The van der Waals surface area contributed by atoms with Gasteiger partial charge in [0.2, 0.25) is 0 Å². The fraction of sp³-hybridized carbons (Fsp3) is 0.769. The Morgan fingerprint density at radius 3 is 2.75 bits per heavy atom. The van der Waals surface area contributed by atoms with E-state index >= 15 is 0 Å². The van der Waals surface area contributed by atoms with Crippen molar-refractivity contribution in [1.29, 1.82) is 0 Å². The number of aryl methyl sites for hydroxylation is 2. The average Bonchev–Trinajstić information content (AvgIpc) is 2.75. The largest absolute Gasteiger partial charge is 0.313 e. The van der Waals surface area contributed by atoms with E-state index in [0.717, 1.165) is 24.9 Å². The van der Waals surface area contributed by atoms with E-state index in [9.17, 15) is 0 Å². The van der Waals surface area contributed by atoms with Gasteiger partial charge < -0.3 is 5.32 Å². The first-order valence-electron chi connectivity index (χ1n) is 6.33. The van der Waals surface area contributed by atoms with E-state index in [1.165, 1.54) is 34.8 Å². The van der Waals surface area contributed by atoms with Crippen molar-refractivity contribution in [2.75, 3.05) is 6.54 Å².